The number of nitrogens with one attached hydrogen (secondary N) is 3. The molecule has 2 fully saturated rings. The zero-order valence-electron chi connectivity index (χ0n) is 29.2. The van der Waals surface area contributed by atoms with Gasteiger partial charge in [-0.15, -0.1) is 0 Å². The van der Waals surface area contributed by atoms with Crippen LogP contribution < -0.4 is 20.6 Å². The van der Waals surface area contributed by atoms with Crippen molar-refractivity contribution in [1.82, 2.24) is 25.3 Å². The Hall–Kier alpha value is -6.06. The maximum absolute atomic E-state index is 14.7. The number of benzene rings is 3. The van der Waals surface area contributed by atoms with Crippen LogP contribution in [0.25, 0.3) is 0 Å². The molecule has 0 aliphatic carbocycles. The third-order valence-electron chi connectivity index (χ3n) is 9.70. The van der Waals surface area contributed by atoms with Crippen LogP contribution in [0.1, 0.15) is 40.4 Å². The number of hydrogen-bond donors (Lipinski definition) is 8. The fourth-order valence-electron chi connectivity index (χ4n) is 6.73. The number of carbonyl (C=O) groups excluding carboxylic acids is 5. The SMILES string of the molecule is O=C(O)c1c(F)ccc2c1OB(O)[C@@H](NC(=O)C(NC(=O)N1CCN(C3CCN(C(=O)Nc4cccc(O)c4Cl)CC3)C(=O)C1=O)c1cc(F)c(O)c(O)c1Cl)C2. The first kappa shape index (κ1) is 40.6. The standard InChI is InChI=1S/C34H31BCl2F2N6O12/c36-23-16(13-18(39)26(47)27(23)48)25(29(49)41-21-12-14-4-5-17(38)22(32(52)53)28(14)57-35(21)56)42-34(55)45-11-10-44(30(50)31(45)51)15-6-8-43(9-7-15)33(54)40-19-2-1-3-20(46)24(19)37/h1-5,13,15,21,25,46-48,56H,6-12H2,(H,40,54)(H,41,49)(H,42,55)(H,52,53)/t21-,25?/m0/s1. The van der Waals surface area contributed by atoms with Gasteiger partial charge in [0, 0.05) is 37.8 Å². The van der Waals surface area contributed by atoms with E-state index in [0.717, 1.165) is 12.1 Å². The van der Waals surface area contributed by atoms with Crippen molar-refractivity contribution < 1.29 is 67.7 Å². The molecule has 2 saturated heterocycles. The van der Waals surface area contributed by atoms with Crippen LogP contribution in [0.3, 0.4) is 0 Å². The molecule has 23 heteroatoms. The normalized spacial score (nSPS) is 17.7. The number of nitrogens with zero attached hydrogens (tertiary/aromatic N) is 3. The minimum atomic E-state index is -2.08. The first-order valence-electron chi connectivity index (χ1n) is 17.0. The fourth-order valence-corrected chi connectivity index (χ4v) is 7.15. The highest BCUT2D eigenvalue weighted by Gasteiger charge is 2.44. The van der Waals surface area contributed by atoms with E-state index in [0.29, 0.717) is 11.0 Å². The number of amides is 7. The van der Waals surface area contributed by atoms with Crippen LogP contribution in [0.15, 0.2) is 36.4 Å². The monoisotopic (exact) mass is 834 g/mol. The Bertz CT molecular complexity index is 2200. The van der Waals surface area contributed by atoms with Gasteiger partial charge in [0.25, 0.3) is 0 Å². The molecule has 0 spiro atoms. The lowest BCUT2D eigenvalue weighted by atomic mass is 9.72. The third kappa shape index (κ3) is 7.98. The Labute approximate surface area is 330 Å². The largest absolute Gasteiger partial charge is 0.547 e. The first-order valence-corrected chi connectivity index (χ1v) is 17.8. The molecular formula is C34H31BCl2F2N6O12. The summed E-state index contributed by atoms with van der Waals surface area (Å²) in [4.78, 5) is 81.7. The summed E-state index contributed by atoms with van der Waals surface area (Å²) in [6, 6.07) is 2.44. The first-order chi connectivity index (χ1) is 27.0. The second kappa shape index (κ2) is 16.2. The summed E-state index contributed by atoms with van der Waals surface area (Å²) in [6.45, 7) is -0.179. The van der Waals surface area contributed by atoms with E-state index >= 15 is 0 Å². The van der Waals surface area contributed by atoms with Crippen molar-refractivity contribution in [3.8, 4) is 23.0 Å². The Morgan fingerprint density at radius 2 is 1.60 bits per heavy atom. The molecule has 0 radical (unpaired) electrons. The molecule has 0 aromatic heterocycles. The summed E-state index contributed by atoms with van der Waals surface area (Å²) >= 11 is 12.2. The number of fused-ring (bicyclic) bond motifs is 1. The summed E-state index contributed by atoms with van der Waals surface area (Å²) in [6.07, 6.45) is 0.185. The smallest absolute Gasteiger partial charge is 0.534 e. The number of piperazine rings is 1. The van der Waals surface area contributed by atoms with Gasteiger partial charge in [-0.3, -0.25) is 19.3 Å². The average molecular weight is 835 g/mol. The van der Waals surface area contributed by atoms with Crippen LogP contribution in [0.2, 0.25) is 10.0 Å². The number of urea groups is 2. The van der Waals surface area contributed by atoms with Crippen LogP contribution >= 0.6 is 23.2 Å². The average Bonchev–Trinajstić information content (AvgIpc) is 3.17. The molecule has 3 aromatic carbocycles. The molecule has 3 aliphatic rings. The molecule has 18 nitrogen and oxygen atoms in total. The number of rotatable bonds is 7. The molecule has 300 valence electrons. The number of carboxylic acid groups (broad SMARTS) is 1. The van der Waals surface area contributed by atoms with E-state index in [2.05, 4.69) is 16.0 Å². The molecule has 8 N–H and O–H groups in total. The highest BCUT2D eigenvalue weighted by molar-refractivity contribution is 6.47. The molecule has 0 bridgehead atoms. The fraction of sp³-hybridized carbons (Fsp3) is 0.294. The van der Waals surface area contributed by atoms with Crippen molar-refractivity contribution in [3.05, 3.63) is 74.8 Å². The van der Waals surface area contributed by atoms with Gasteiger partial charge >= 0.3 is 37.0 Å². The minimum absolute atomic E-state index is 0.0459. The number of aromatic carboxylic acids is 1. The molecule has 3 aromatic rings. The quantitative estimate of drug-likeness (QED) is 0.0970. The molecule has 3 aliphatic heterocycles. The molecule has 0 saturated carbocycles. The van der Waals surface area contributed by atoms with E-state index in [1.807, 2.05) is 0 Å². The van der Waals surface area contributed by atoms with Gasteiger partial charge in [0.05, 0.1) is 16.7 Å². The number of carboxylic acids is 1. The molecule has 6 rings (SSSR count). The Morgan fingerprint density at radius 3 is 2.28 bits per heavy atom. The second-order valence-corrected chi connectivity index (χ2v) is 13.9. The number of anilines is 1. The van der Waals surface area contributed by atoms with Gasteiger partial charge in [-0.05, 0) is 49.1 Å². The van der Waals surface area contributed by atoms with E-state index in [1.165, 1.54) is 28.0 Å². The zero-order chi connectivity index (χ0) is 41.5. The van der Waals surface area contributed by atoms with Gasteiger partial charge in [0.2, 0.25) is 5.91 Å². The van der Waals surface area contributed by atoms with Crippen molar-refractivity contribution in [3.63, 3.8) is 0 Å². The highest BCUT2D eigenvalue weighted by Crippen LogP contribution is 2.41. The van der Waals surface area contributed by atoms with Gasteiger partial charge in [-0.25, -0.2) is 23.2 Å². The van der Waals surface area contributed by atoms with Crippen LogP contribution in [-0.2, 0) is 20.8 Å². The van der Waals surface area contributed by atoms with E-state index < -0.39 is 106 Å². The number of halogens is 4. The predicted molar refractivity (Wildman–Crippen MR) is 194 cm³/mol. The van der Waals surface area contributed by atoms with Gasteiger partial charge in [0.15, 0.2) is 17.3 Å². The van der Waals surface area contributed by atoms with Gasteiger partial charge in [-0.2, -0.15) is 0 Å². The summed E-state index contributed by atoms with van der Waals surface area (Å²) in [5, 5.41) is 56.3. The van der Waals surface area contributed by atoms with Gasteiger partial charge in [-0.1, -0.05) is 35.3 Å². The van der Waals surface area contributed by atoms with E-state index in [1.54, 1.807) is 0 Å². The topological polar surface area (TPSA) is 259 Å². The zero-order valence-corrected chi connectivity index (χ0v) is 30.7. The Balaban J connectivity index is 1.14. The van der Waals surface area contributed by atoms with Crippen LogP contribution in [0, 0.1) is 11.6 Å². The molecule has 7 amide bonds. The van der Waals surface area contributed by atoms with Crippen LogP contribution in [-0.4, -0.2) is 121 Å². The number of phenolic OH excluding ortho intramolecular Hbond substituents is 3. The minimum Gasteiger partial charge on any atom is -0.534 e. The van der Waals surface area contributed by atoms with Gasteiger partial charge in [0.1, 0.15) is 33.9 Å². The van der Waals surface area contributed by atoms with Crippen molar-refractivity contribution in [2.24, 2.45) is 0 Å². The van der Waals surface area contributed by atoms with E-state index in [4.69, 9.17) is 27.9 Å². The number of carbonyl (C=O) groups is 6. The molecule has 1 unspecified atom stereocenters. The van der Waals surface area contributed by atoms with Gasteiger partial charge < -0.3 is 55.9 Å². The lowest BCUT2D eigenvalue weighted by Crippen LogP contribution is -2.62. The number of imide groups is 1. The van der Waals surface area contributed by atoms with Crippen molar-refractivity contribution in [2.75, 3.05) is 31.5 Å². The summed E-state index contributed by atoms with van der Waals surface area (Å²) in [5.74, 6) is -12.5. The Morgan fingerprint density at radius 1 is 0.895 bits per heavy atom. The summed E-state index contributed by atoms with van der Waals surface area (Å²) < 4.78 is 34.2. The van der Waals surface area contributed by atoms with E-state index in [9.17, 15) is 63.0 Å². The predicted octanol–water partition coefficient (Wildman–Crippen LogP) is 2.34. The van der Waals surface area contributed by atoms with Crippen LogP contribution in [0.4, 0.5) is 24.1 Å². The summed E-state index contributed by atoms with van der Waals surface area (Å²) in [5.41, 5.74) is -1.25. The lowest BCUT2D eigenvalue weighted by Gasteiger charge is -2.41. The van der Waals surface area contributed by atoms with Crippen molar-refractivity contribution >= 4 is 71.8 Å². The maximum atomic E-state index is 14.7. The number of likely N-dealkylation sites (tertiary alicyclic amines) is 1. The number of aromatic hydroxyl groups is 3. The lowest BCUT2D eigenvalue weighted by molar-refractivity contribution is -0.156. The highest BCUT2D eigenvalue weighted by atomic mass is 35.5. The molecule has 57 heavy (non-hydrogen) atoms. The third-order valence-corrected chi connectivity index (χ3v) is 10.5. The molecular weight excluding hydrogens is 804 g/mol. The number of piperidine rings is 1. The second-order valence-electron chi connectivity index (χ2n) is 13.1. The summed E-state index contributed by atoms with van der Waals surface area (Å²) in [7, 11) is -1.98. The Kier molecular flexibility index (Phi) is 11.5. The maximum Gasteiger partial charge on any atom is 0.547 e. The van der Waals surface area contributed by atoms with Crippen molar-refractivity contribution in [1.29, 1.82) is 0 Å². The number of hydrogen-bond acceptors (Lipinski definition) is 11. The van der Waals surface area contributed by atoms with Crippen LogP contribution in [0.5, 0.6) is 23.0 Å². The molecule has 2 atom stereocenters. The number of phenols is 3. The molecule has 3 heterocycles. The van der Waals surface area contributed by atoms with E-state index in [-0.39, 0.29) is 67.5 Å². The van der Waals surface area contributed by atoms with Crippen molar-refractivity contribution in [2.45, 2.75) is 37.3 Å².